The zero-order chi connectivity index (χ0) is 36.3. The van der Waals surface area contributed by atoms with E-state index < -0.39 is 17.6 Å². The van der Waals surface area contributed by atoms with Crippen molar-refractivity contribution in [1.82, 2.24) is 5.32 Å². The van der Waals surface area contributed by atoms with Gasteiger partial charge in [-0.05, 0) is 99.8 Å². The zero-order valence-electron chi connectivity index (χ0n) is 29.2. The molecule has 0 heterocycles. The van der Waals surface area contributed by atoms with E-state index in [1.54, 1.807) is 82.4 Å². The van der Waals surface area contributed by atoms with Crippen LogP contribution in [-0.4, -0.2) is 50.8 Å². The molecular formula is C39H42N4O7. The van der Waals surface area contributed by atoms with Gasteiger partial charge in [-0.25, -0.2) is 4.79 Å². The number of nitrogens with zero attached hydrogens (tertiary/aromatic N) is 2. The lowest BCUT2D eigenvalue weighted by atomic mass is 10.1. The Morgan fingerprint density at radius 2 is 1.62 bits per heavy atom. The summed E-state index contributed by atoms with van der Waals surface area (Å²) in [6.45, 7) is 8.18. The molecule has 0 aliphatic rings. The molecule has 2 N–H and O–H groups in total. The Kier molecular flexibility index (Phi) is 12.4. The molecule has 3 amide bonds. The van der Waals surface area contributed by atoms with Crippen LogP contribution in [0.5, 0.6) is 17.2 Å². The van der Waals surface area contributed by atoms with Crippen LogP contribution in [0.1, 0.15) is 64.6 Å². The van der Waals surface area contributed by atoms with Gasteiger partial charge in [0, 0.05) is 19.2 Å². The molecule has 260 valence electrons. The Hall–Kier alpha value is -6.02. The van der Waals surface area contributed by atoms with Crippen molar-refractivity contribution >= 4 is 29.3 Å². The van der Waals surface area contributed by atoms with Gasteiger partial charge in [0.25, 0.3) is 11.8 Å². The van der Waals surface area contributed by atoms with Crippen molar-refractivity contribution in [2.75, 3.05) is 37.5 Å². The van der Waals surface area contributed by atoms with E-state index in [9.17, 15) is 14.4 Å². The zero-order valence-corrected chi connectivity index (χ0v) is 29.2. The number of alkyl carbamates (subject to hydrolysis) is 1. The summed E-state index contributed by atoms with van der Waals surface area (Å²) in [5, 5.41) is 14.6. The molecular weight excluding hydrogens is 636 g/mol. The second kappa shape index (κ2) is 16.9. The van der Waals surface area contributed by atoms with Gasteiger partial charge in [0.05, 0.1) is 42.3 Å². The molecule has 4 rings (SSSR count). The van der Waals surface area contributed by atoms with Crippen molar-refractivity contribution in [2.24, 2.45) is 0 Å². The number of para-hydroxylation sites is 1. The first kappa shape index (κ1) is 36.8. The summed E-state index contributed by atoms with van der Waals surface area (Å²) in [6, 6.07) is 26.4. The van der Waals surface area contributed by atoms with Crippen molar-refractivity contribution in [3.05, 3.63) is 113 Å². The van der Waals surface area contributed by atoms with Crippen LogP contribution in [0, 0.1) is 18.3 Å². The van der Waals surface area contributed by atoms with E-state index in [1.165, 1.54) is 12.0 Å². The van der Waals surface area contributed by atoms with E-state index in [-0.39, 0.29) is 19.1 Å². The minimum absolute atomic E-state index is 0.256. The van der Waals surface area contributed by atoms with E-state index in [0.29, 0.717) is 58.3 Å². The third-order valence-corrected chi connectivity index (χ3v) is 7.33. The first-order chi connectivity index (χ1) is 23.9. The topological polar surface area (TPSA) is 139 Å². The Labute approximate surface area is 292 Å². The molecule has 0 unspecified atom stereocenters. The number of aryl methyl sites for hydroxylation is 1. The van der Waals surface area contributed by atoms with Crippen LogP contribution in [-0.2, 0) is 11.3 Å². The second-order valence-electron chi connectivity index (χ2n) is 12.4. The maximum absolute atomic E-state index is 13.7. The SMILES string of the molecule is COc1cc(C(=O)N(C)c2ccc(C)cc2OCc2ccc(C#N)cc2)ccc1NC(=O)c1ccccc1OCCCNC(=O)OC(C)(C)C. The fraction of sp³-hybridized carbons (Fsp3) is 0.282. The lowest BCUT2D eigenvalue weighted by Crippen LogP contribution is -2.33. The number of hydrogen-bond donors (Lipinski definition) is 2. The lowest BCUT2D eigenvalue weighted by Gasteiger charge is -2.22. The number of carbonyl (C=O) groups excluding carboxylic acids is 3. The molecule has 4 aromatic rings. The highest BCUT2D eigenvalue weighted by Crippen LogP contribution is 2.33. The lowest BCUT2D eigenvalue weighted by molar-refractivity contribution is 0.0525. The molecule has 0 saturated carbocycles. The van der Waals surface area contributed by atoms with Gasteiger partial charge in [0.1, 0.15) is 29.5 Å². The van der Waals surface area contributed by atoms with Gasteiger partial charge in [0.15, 0.2) is 0 Å². The third kappa shape index (κ3) is 10.2. The van der Waals surface area contributed by atoms with Crippen LogP contribution in [0.3, 0.4) is 0 Å². The molecule has 0 fully saturated rings. The van der Waals surface area contributed by atoms with Crippen LogP contribution < -0.4 is 29.7 Å². The summed E-state index contributed by atoms with van der Waals surface area (Å²) < 4.78 is 22.8. The van der Waals surface area contributed by atoms with Crippen LogP contribution >= 0.6 is 0 Å². The average molecular weight is 679 g/mol. The van der Waals surface area contributed by atoms with Gasteiger partial charge in [-0.3, -0.25) is 9.59 Å². The fourth-order valence-electron chi connectivity index (χ4n) is 4.81. The molecule has 0 bridgehead atoms. The summed E-state index contributed by atoms with van der Waals surface area (Å²) in [7, 11) is 3.12. The van der Waals surface area contributed by atoms with Gasteiger partial charge >= 0.3 is 6.09 Å². The number of nitrogens with one attached hydrogen (secondary N) is 2. The molecule has 0 radical (unpaired) electrons. The van der Waals surface area contributed by atoms with Crippen molar-refractivity contribution in [2.45, 2.75) is 46.3 Å². The fourth-order valence-corrected chi connectivity index (χ4v) is 4.81. The van der Waals surface area contributed by atoms with E-state index in [4.69, 9.17) is 24.2 Å². The predicted molar refractivity (Wildman–Crippen MR) is 191 cm³/mol. The molecule has 0 aliphatic carbocycles. The standard InChI is InChI=1S/C39H42N4O7/c1-26-12-19-32(35(22-26)49-25-28-15-13-27(24-40)14-16-28)43(5)37(45)29-17-18-31(34(23-29)47-6)42-36(44)30-10-7-8-11-33(30)48-21-9-20-41-38(46)50-39(2,3)4/h7-8,10-19,22-23H,9,20-21,25H2,1-6H3,(H,41,46)(H,42,44). The Morgan fingerprint density at radius 1 is 0.880 bits per heavy atom. The highest BCUT2D eigenvalue weighted by atomic mass is 16.6. The van der Waals surface area contributed by atoms with Gasteiger partial charge in [-0.15, -0.1) is 0 Å². The second-order valence-corrected chi connectivity index (χ2v) is 12.4. The molecule has 0 spiro atoms. The van der Waals surface area contributed by atoms with Gasteiger partial charge < -0.3 is 34.5 Å². The monoisotopic (exact) mass is 678 g/mol. The molecule has 50 heavy (non-hydrogen) atoms. The van der Waals surface area contributed by atoms with Crippen LogP contribution in [0.4, 0.5) is 16.2 Å². The van der Waals surface area contributed by atoms with Crippen molar-refractivity contribution in [1.29, 1.82) is 5.26 Å². The number of ether oxygens (including phenoxy) is 4. The molecule has 11 nitrogen and oxygen atoms in total. The average Bonchev–Trinajstić information content (AvgIpc) is 3.09. The first-order valence-corrected chi connectivity index (χ1v) is 16.1. The first-order valence-electron chi connectivity index (χ1n) is 16.1. The van der Waals surface area contributed by atoms with Crippen LogP contribution in [0.25, 0.3) is 0 Å². The molecule has 0 aliphatic heterocycles. The Balaban J connectivity index is 1.41. The number of carbonyl (C=O) groups is 3. The number of benzene rings is 4. The maximum atomic E-state index is 13.7. The molecule has 0 saturated heterocycles. The largest absolute Gasteiger partial charge is 0.495 e. The van der Waals surface area contributed by atoms with Gasteiger partial charge in [-0.2, -0.15) is 5.26 Å². The normalized spacial score (nSPS) is 10.7. The summed E-state index contributed by atoms with van der Waals surface area (Å²) in [4.78, 5) is 40.4. The molecule has 11 heteroatoms. The number of hydrogen-bond acceptors (Lipinski definition) is 8. The van der Waals surface area contributed by atoms with E-state index in [2.05, 4.69) is 16.7 Å². The van der Waals surface area contributed by atoms with Gasteiger partial charge in [0.2, 0.25) is 0 Å². The highest BCUT2D eigenvalue weighted by molar-refractivity contribution is 6.09. The van der Waals surface area contributed by atoms with Crippen molar-refractivity contribution in [3.8, 4) is 23.3 Å². The number of amides is 3. The van der Waals surface area contributed by atoms with E-state index in [0.717, 1.165) is 11.1 Å². The van der Waals surface area contributed by atoms with Crippen molar-refractivity contribution in [3.63, 3.8) is 0 Å². The summed E-state index contributed by atoms with van der Waals surface area (Å²) in [6.07, 6.45) is -0.00378. The third-order valence-electron chi connectivity index (χ3n) is 7.33. The minimum Gasteiger partial charge on any atom is -0.495 e. The molecule has 4 aromatic carbocycles. The maximum Gasteiger partial charge on any atom is 0.407 e. The Bertz CT molecular complexity index is 1860. The number of rotatable bonds is 13. The van der Waals surface area contributed by atoms with E-state index >= 15 is 0 Å². The summed E-state index contributed by atoms with van der Waals surface area (Å²) >= 11 is 0. The predicted octanol–water partition coefficient (Wildman–Crippen LogP) is 7.28. The van der Waals surface area contributed by atoms with E-state index in [1.807, 2.05) is 37.3 Å². The Morgan fingerprint density at radius 3 is 2.32 bits per heavy atom. The number of methoxy groups -OCH3 is 1. The van der Waals surface area contributed by atoms with Gasteiger partial charge in [-0.1, -0.05) is 30.3 Å². The van der Waals surface area contributed by atoms with Crippen LogP contribution in [0.15, 0.2) is 84.9 Å². The van der Waals surface area contributed by atoms with Crippen molar-refractivity contribution < 1.29 is 33.3 Å². The summed E-state index contributed by atoms with van der Waals surface area (Å²) in [5.41, 5.74) is 3.42. The molecule has 0 atom stereocenters. The number of anilines is 2. The highest BCUT2D eigenvalue weighted by Gasteiger charge is 2.21. The number of nitriles is 1. The quantitative estimate of drug-likeness (QED) is 0.141. The minimum atomic E-state index is -0.585. The smallest absolute Gasteiger partial charge is 0.407 e. The molecule has 0 aromatic heterocycles. The summed E-state index contributed by atoms with van der Waals surface area (Å²) in [5.74, 6) is 0.468. The van der Waals surface area contributed by atoms with Crippen LogP contribution in [0.2, 0.25) is 0 Å².